The average molecular weight is 279 g/mol. The Morgan fingerprint density at radius 1 is 1.14 bits per heavy atom. The summed E-state index contributed by atoms with van der Waals surface area (Å²) in [5, 5.41) is 17.5. The van der Waals surface area contributed by atoms with E-state index < -0.39 is 0 Å². The molecule has 0 bridgehead atoms. The summed E-state index contributed by atoms with van der Waals surface area (Å²) in [4.78, 5) is 2.44. The largest absolute Gasteiger partial charge is 0.299 e. The van der Waals surface area contributed by atoms with Crippen molar-refractivity contribution in [3.05, 3.63) is 41.0 Å². The van der Waals surface area contributed by atoms with Crippen LogP contribution in [-0.2, 0) is 6.54 Å². The number of benzene rings is 1. The summed E-state index contributed by atoms with van der Waals surface area (Å²) in [5.41, 5.74) is 2.31. The molecule has 0 N–H and O–H groups in total. The van der Waals surface area contributed by atoms with Crippen LogP contribution < -0.4 is 0 Å². The van der Waals surface area contributed by atoms with Gasteiger partial charge >= 0.3 is 0 Å². The SMILES string of the molecule is CN(Cc1ccc(C=C(C#N)C#N)cc1)C1CCCCC1. The quantitative estimate of drug-likeness (QED) is 0.786. The van der Waals surface area contributed by atoms with Crippen molar-refractivity contribution in [2.75, 3.05) is 7.05 Å². The molecule has 0 saturated heterocycles. The van der Waals surface area contributed by atoms with Gasteiger partial charge in [-0.1, -0.05) is 43.5 Å². The van der Waals surface area contributed by atoms with Gasteiger partial charge in [0.15, 0.2) is 0 Å². The lowest BCUT2D eigenvalue weighted by molar-refractivity contribution is 0.184. The smallest absolute Gasteiger partial charge is 0.130 e. The zero-order valence-electron chi connectivity index (χ0n) is 12.5. The minimum absolute atomic E-state index is 0.141. The molecular formula is C18H21N3. The van der Waals surface area contributed by atoms with Crippen LogP contribution in [0, 0.1) is 22.7 Å². The van der Waals surface area contributed by atoms with Crippen molar-refractivity contribution >= 4 is 6.08 Å². The van der Waals surface area contributed by atoms with Gasteiger partial charge in [-0.15, -0.1) is 0 Å². The minimum Gasteiger partial charge on any atom is -0.299 e. The van der Waals surface area contributed by atoms with E-state index in [9.17, 15) is 0 Å². The molecule has 21 heavy (non-hydrogen) atoms. The molecule has 3 heteroatoms. The van der Waals surface area contributed by atoms with Crippen LogP contribution in [0.5, 0.6) is 0 Å². The van der Waals surface area contributed by atoms with Crippen LogP contribution in [0.25, 0.3) is 6.08 Å². The number of nitrogens with zero attached hydrogens (tertiary/aromatic N) is 3. The topological polar surface area (TPSA) is 50.8 Å². The van der Waals surface area contributed by atoms with Gasteiger partial charge in [0, 0.05) is 12.6 Å². The third-order valence-corrected chi connectivity index (χ3v) is 4.16. The molecule has 1 saturated carbocycles. The summed E-state index contributed by atoms with van der Waals surface area (Å²) in [6, 6.07) is 12.6. The molecule has 1 aromatic rings. The van der Waals surface area contributed by atoms with Crippen LogP contribution in [0.4, 0.5) is 0 Å². The Kier molecular flexibility index (Phi) is 5.55. The molecule has 0 aliphatic heterocycles. The van der Waals surface area contributed by atoms with E-state index in [0.717, 1.165) is 12.1 Å². The van der Waals surface area contributed by atoms with Crippen molar-refractivity contribution in [3.63, 3.8) is 0 Å². The molecule has 0 radical (unpaired) electrons. The first kappa shape index (κ1) is 15.3. The molecule has 1 aliphatic rings. The fraction of sp³-hybridized carbons (Fsp3) is 0.444. The third-order valence-electron chi connectivity index (χ3n) is 4.16. The summed E-state index contributed by atoms with van der Waals surface area (Å²) in [6.07, 6.45) is 8.32. The van der Waals surface area contributed by atoms with Crippen LogP contribution in [0.15, 0.2) is 29.8 Å². The minimum atomic E-state index is 0.141. The van der Waals surface area contributed by atoms with Crippen LogP contribution in [0.3, 0.4) is 0 Å². The Labute approximate surface area is 127 Å². The van der Waals surface area contributed by atoms with Crippen molar-refractivity contribution in [1.29, 1.82) is 10.5 Å². The number of nitriles is 2. The molecule has 0 atom stereocenters. The zero-order chi connectivity index (χ0) is 15.1. The van der Waals surface area contributed by atoms with Crippen LogP contribution in [0.2, 0.25) is 0 Å². The summed E-state index contributed by atoms with van der Waals surface area (Å²) < 4.78 is 0. The molecule has 0 heterocycles. The fourth-order valence-electron chi connectivity index (χ4n) is 2.91. The summed E-state index contributed by atoms with van der Waals surface area (Å²) in [7, 11) is 2.20. The highest BCUT2D eigenvalue weighted by Gasteiger charge is 2.17. The van der Waals surface area contributed by atoms with Crippen molar-refractivity contribution < 1.29 is 0 Å². The Morgan fingerprint density at radius 2 is 1.76 bits per heavy atom. The summed E-state index contributed by atoms with van der Waals surface area (Å²) in [6.45, 7) is 0.956. The predicted molar refractivity (Wildman–Crippen MR) is 84.0 cm³/mol. The van der Waals surface area contributed by atoms with Gasteiger partial charge in [0.05, 0.1) is 0 Å². The molecule has 0 amide bonds. The third kappa shape index (κ3) is 4.45. The number of rotatable bonds is 4. The first-order valence-electron chi connectivity index (χ1n) is 7.54. The van der Waals surface area contributed by atoms with Gasteiger partial charge in [0.1, 0.15) is 17.7 Å². The highest BCUT2D eigenvalue weighted by atomic mass is 15.1. The average Bonchev–Trinajstić information content (AvgIpc) is 2.55. The Hall–Kier alpha value is -2.10. The van der Waals surface area contributed by atoms with E-state index >= 15 is 0 Å². The lowest BCUT2D eigenvalue weighted by atomic mass is 9.94. The maximum atomic E-state index is 8.76. The van der Waals surface area contributed by atoms with E-state index in [1.165, 1.54) is 37.7 Å². The monoisotopic (exact) mass is 279 g/mol. The van der Waals surface area contributed by atoms with Crippen LogP contribution in [-0.4, -0.2) is 18.0 Å². The van der Waals surface area contributed by atoms with Gasteiger partial charge in [0.25, 0.3) is 0 Å². The van der Waals surface area contributed by atoms with Gasteiger partial charge in [-0.3, -0.25) is 4.90 Å². The first-order valence-corrected chi connectivity index (χ1v) is 7.54. The molecule has 1 aliphatic carbocycles. The Balaban J connectivity index is 1.98. The van der Waals surface area contributed by atoms with E-state index in [0.29, 0.717) is 6.04 Å². The Morgan fingerprint density at radius 3 is 2.33 bits per heavy atom. The lowest BCUT2D eigenvalue weighted by Gasteiger charge is -2.31. The fourth-order valence-corrected chi connectivity index (χ4v) is 2.91. The standard InChI is InChI=1S/C18H21N3/c1-21(18-5-3-2-4-6-18)14-16-9-7-15(8-10-16)11-17(12-19)13-20/h7-11,18H,2-6,14H2,1H3. The maximum absolute atomic E-state index is 8.76. The maximum Gasteiger partial charge on any atom is 0.130 e. The number of allylic oxidation sites excluding steroid dienone is 1. The second-order valence-corrected chi connectivity index (χ2v) is 5.73. The molecule has 2 rings (SSSR count). The number of hydrogen-bond donors (Lipinski definition) is 0. The summed E-state index contributed by atoms with van der Waals surface area (Å²) >= 11 is 0. The molecule has 3 nitrogen and oxygen atoms in total. The van der Waals surface area contributed by atoms with Crippen molar-refractivity contribution in [2.24, 2.45) is 0 Å². The van der Waals surface area contributed by atoms with Crippen LogP contribution >= 0.6 is 0 Å². The van der Waals surface area contributed by atoms with E-state index in [1.54, 1.807) is 6.08 Å². The van der Waals surface area contributed by atoms with E-state index in [2.05, 4.69) is 24.1 Å². The first-order chi connectivity index (χ1) is 10.2. The molecule has 1 aromatic carbocycles. The van der Waals surface area contributed by atoms with E-state index in [-0.39, 0.29) is 5.57 Å². The second-order valence-electron chi connectivity index (χ2n) is 5.73. The predicted octanol–water partition coefficient (Wildman–Crippen LogP) is 3.88. The highest BCUT2D eigenvalue weighted by Crippen LogP contribution is 2.23. The van der Waals surface area contributed by atoms with E-state index in [4.69, 9.17) is 10.5 Å². The van der Waals surface area contributed by atoms with Gasteiger partial charge in [-0.05, 0) is 37.1 Å². The van der Waals surface area contributed by atoms with Gasteiger partial charge in [-0.25, -0.2) is 0 Å². The molecule has 0 aromatic heterocycles. The second kappa shape index (κ2) is 7.62. The van der Waals surface area contributed by atoms with E-state index in [1.807, 2.05) is 24.3 Å². The molecular weight excluding hydrogens is 258 g/mol. The lowest BCUT2D eigenvalue weighted by Crippen LogP contribution is -2.32. The molecule has 1 fully saturated rings. The number of hydrogen-bond acceptors (Lipinski definition) is 3. The van der Waals surface area contributed by atoms with Crippen molar-refractivity contribution in [2.45, 2.75) is 44.7 Å². The summed E-state index contributed by atoms with van der Waals surface area (Å²) in [5.74, 6) is 0. The zero-order valence-corrected chi connectivity index (χ0v) is 12.5. The van der Waals surface area contributed by atoms with Crippen molar-refractivity contribution in [1.82, 2.24) is 4.90 Å². The molecule has 0 unspecified atom stereocenters. The Bertz CT molecular complexity index is 550. The normalized spacial score (nSPS) is 15.2. The van der Waals surface area contributed by atoms with Crippen LogP contribution in [0.1, 0.15) is 43.2 Å². The molecule has 108 valence electrons. The van der Waals surface area contributed by atoms with Gasteiger partial charge in [0.2, 0.25) is 0 Å². The highest BCUT2D eigenvalue weighted by molar-refractivity contribution is 5.61. The van der Waals surface area contributed by atoms with Gasteiger partial charge < -0.3 is 0 Å². The van der Waals surface area contributed by atoms with Gasteiger partial charge in [-0.2, -0.15) is 10.5 Å². The molecule has 0 spiro atoms. The van der Waals surface area contributed by atoms with Crippen molar-refractivity contribution in [3.8, 4) is 12.1 Å².